The summed E-state index contributed by atoms with van der Waals surface area (Å²) in [5.41, 5.74) is 2.59. The van der Waals surface area contributed by atoms with E-state index in [2.05, 4.69) is 43.9 Å². The zero-order valence-electron chi connectivity index (χ0n) is 12.5. The third kappa shape index (κ3) is 2.54. The van der Waals surface area contributed by atoms with Gasteiger partial charge in [-0.15, -0.1) is 11.3 Å². The lowest BCUT2D eigenvalue weighted by Gasteiger charge is -2.28. The Hall–Kier alpha value is -1.13. The summed E-state index contributed by atoms with van der Waals surface area (Å²) in [6, 6.07) is 6.63. The van der Waals surface area contributed by atoms with E-state index >= 15 is 0 Å². The summed E-state index contributed by atoms with van der Waals surface area (Å²) in [6.45, 7) is 10.4. The summed E-state index contributed by atoms with van der Waals surface area (Å²) in [6.07, 6.45) is 1.11. The third-order valence-electron chi connectivity index (χ3n) is 4.21. The van der Waals surface area contributed by atoms with Crippen molar-refractivity contribution >= 4 is 27.2 Å². The van der Waals surface area contributed by atoms with Gasteiger partial charge in [0.15, 0.2) is 0 Å². The zero-order chi connectivity index (χ0) is 14.2. The van der Waals surface area contributed by atoms with E-state index in [4.69, 9.17) is 9.72 Å². The van der Waals surface area contributed by atoms with Gasteiger partial charge in [0.05, 0.1) is 28.4 Å². The molecule has 1 aromatic carbocycles. The van der Waals surface area contributed by atoms with Crippen LogP contribution >= 0.6 is 11.3 Å². The molecule has 3 rings (SSSR count). The zero-order valence-corrected chi connectivity index (χ0v) is 13.3. The highest BCUT2D eigenvalue weighted by Gasteiger charge is 2.23. The molecule has 4 heteroatoms. The molecule has 1 aromatic heterocycles. The van der Waals surface area contributed by atoms with E-state index in [0.717, 1.165) is 38.2 Å². The molecule has 3 nitrogen and oxygen atoms in total. The van der Waals surface area contributed by atoms with E-state index < -0.39 is 0 Å². The second-order valence-electron chi connectivity index (χ2n) is 6.01. The molecular formula is C16H22N2OS. The number of aromatic nitrogens is 1. The molecule has 0 N–H and O–H groups in total. The molecule has 0 atom stereocenters. The van der Waals surface area contributed by atoms with Crippen LogP contribution in [-0.4, -0.2) is 31.3 Å². The molecular weight excluding hydrogens is 268 g/mol. The number of ether oxygens (including phenoxy) is 1. The van der Waals surface area contributed by atoms with Crippen LogP contribution in [0.1, 0.15) is 32.2 Å². The van der Waals surface area contributed by atoms with Crippen LogP contribution in [0.2, 0.25) is 0 Å². The molecule has 0 aliphatic carbocycles. The van der Waals surface area contributed by atoms with Gasteiger partial charge in [0, 0.05) is 24.2 Å². The van der Waals surface area contributed by atoms with E-state index in [0.29, 0.717) is 0 Å². The van der Waals surface area contributed by atoms with Crippen molar-refractivity contribution in [2.75, 3.05) is 31.2 Å². The highest BCUT2D eigenvalue weighted by molar-refractivity contribution is 7.18. The quantitative estimate of drug-likeness (QED) is 0.859. The van der Waals surface area contributed by atoms with Crippen molar-refractivity contribution in [2.24, 2.45) is 0 Å². The van der Waals surface area contributed by atoms with Gasteiger partial charge in [-0.3, -0.25) is 0 Å². The highest BCUT2D eigenvalue weighted by atomic mass is 32.1. The van der Waals surface area contributed by atoms with Crippen molar-refractivity contribution in [1.29, 1.82) is 0 Å². The lowest BCUT2D eigenvalue weighted by Crippen LogP contribution is -2.36. The third-order valence-corrected chi connectivity index (χ3v) is 5.60. The number of hydrogen-bond acceptors (Lipinski definition) is 4. The smallest absolute Gasteiger partial charge is 0.0994 e. The van der Waals surface area contributed by atoms with Crippen LogP contribution in [0.4, 0.5) is 5.69 Å². The van der Waals surface area contributed by atoms with Crippen molar-refractivity contribution in [2.45, 2.75) is 32.6 Å². The first-order valence-corrected chi connectivity index (χ1v) is 8.15. The molecule has 0 amide bonds. The fraction of sp³-hybridized carbons (Fsp3) is 0.562. The van der Waals surface area contributed by atoms with Crippen LogP contribution in [0.3, 0.4) is 0 Å². The number of benzene rings is 1. The minimum Gasteiger partial charge on any atom is -0.378 e. The maximum atomic E-state index is 5.42. The molecule has 108 valence electrons. The van der Waals surface area contributed by atoms with Gasteiger partial charge in [0.25, 0.3) is 0 Å². The minimum absolute atomic E-state index is 0.169. The summed E-state index contributed by atoms with van der Waals surface area (Å²) in [5, 5.41) is 1.24. The fourth-order valence-corrected chi connectivity index (χ4v) is 3.54. The first-order chi connectivity index (χ1) is 9.60. The summed E-state index contributed by atoms with van der Waals surface area (Å²) < 4.78 is 6.72. The van der Waals surface area contributed by atoms with Crippen molar-refractivity contribution in [1.82, 2.24) is 4.98 Å². The van der Waals surface area contributed by atoms with Gasteiger partial charge in [-0.1, -0.05) is 20.8 Å². The summed E-state index contributed by atoms with van der Waals surface area (Å²) in [7, 11) is 0. The second-order valence-corrected chi connectivity index (χ2v) is 7.04. The second kappa shape index (κ2) is 5.34. The Morgan fingerprint density at radius 1 is 1.30 bits per heavy atom. The fourth-order valence-electron chi connectivity index (χ4n) is 2.37. The number of rotatable bonds is 3. The molecule has 1 aliphatic heterocycles. The van der Waals surface area contributed by atoms with Crippen LogP contribution in [-0.2, 0) is 10.2 Å². The SMILES string of the molecule is CCC(C)(C)c1nc2ccc(N3CCOCC3)cc2s1. The number of morpholine rings is 1. The maximum Gasteiger partial charge on any atom is 0.0994 e. The van der Waals surface area contributed by atoms with Crippen molar-refractivity contribution in [3.05, 3.63) is 23.2 Å². The van der Waals surface area contributed by atoms with E-state index in [9.17, 15) is 0 Å². The van der Waals surface area contributed by atoms with Gasteiger partial charge in [-0.25, -0.2) is 4.98 Å². The maximum absolute atomic E-state index is 5.42. The average Bonchev–Trinajstić information content (AvgIpc) is 2.92. The molecule has 2 aromatic rings. The predicted molar refractivity (Wildman–Crippen MR) is 86.0 cm³/mol. The highest BCUT2D eigenvalue weighted by Crippen LogP contribution is 2.35. The van der Waals surface area contributed by atoms with Crippen LogP contribution in [0.5, 0.6) is 0 Å². The first-order valence-electron chi connectivity index (χ1n) is 7.34. The molecule has 20 heavy (non-hydrogen) atoms. The van der Waals surface area contributed by atoms with Gasteiger partial charge in [0.1, 0.15) is 0 Å². The van der Waals surface area contributed by atoms with Crippen molar-refractivity contribution in [3.63, 3.8) is 0 Å². The van der Waals surface area contributed by atoms with Crippen LogP contribution in [0, 0.1) is 0 Å². The topological polar surface area (TPSA) is 25.4 Å². The molecule has 0 unspecified atom stereocenters. The predicted octanol–water partition coefficient (Wildman–Crippen LogP) is 3.82. The van der Waals surface area contributed by atoms with Crippen LogP contribution in [0.25, 0.3) is 10.2 Å². The molecule has 0 spiro atoms. The molecule has 2 heterocycles. The van der Waals surface area contributed by atoms with Crippen LogP contribution < -0.4 is 4.90 Å². The summed E-state index contributed by atoms with van der Waals surface area (Å²) in [5.74, 6) is 0. The van der Waals surface area contributed by atoms with E-state index in [1.54, 1.807) is 0 Å². The number of fused-ring (bicyclic) bond motifs is 1. The lowest BCUT2D eigenvalue weighted by atomic mass is 9.91. The first kappa shape index (κ1) is 13.8. The van der Waals surface area contributed by atoms with E-state index in [1.165, 1.54) is 15.4 Å². The number of nitrogens with zero attached hydrogens (tertiary/aromatic N) is 2. The Morgan fingerprint density at radius 3 is 2.75 bits per heavy atom. The van der Waals surface area contributed by atoms with Gasteiger partial charge < -0.3 is 9.64 Å². The summed E-state index contributed by atoms with van der Waals surface area (Å²) >= 11 is 1.84. The van der Waals surface area contributed by atoms with Gasteiger partial charge in [0.2, 0.25) is 0 Å². The Kier molecular flexibility index (Phi) is 3.69. The van der Waals surface area contributed by atoms with Gasteiger partial charge in [-0.2, -0.15) is 0 Å². The Balaban J connectivity index is 1.94. The molecule has 0 saturated carbocycles. The molecule has 1 aliphatic rings. The van der Waals surface area contributed by atoms with Crippen LogP contribution in [0.15, 0.2) is 18.2 Å². The number of hydrogen-bond donors (Lipinski definition) is 0. The Bertz CT molecular complexity index is 600. The number of thiazole rings is 1. The van der Waals surface area contributed by atoms with Gasteiger partial charge in [-0.05, 0) is 24.6 Å². The van der Waals surface area contributed by atoms with E-state index in [1.807, 2.05) is 11.3 Å². The molecule has 0 bridgehead atoms. The van der Waals surface area contributed by atoms with Crippen molar-refractivity contribution < 1.29 is 4.74 Å². The standard InChI is InChI=1S/C16H22N2OS/c1-4-16(2,3)15-17-13-6-5-12(11-14(13)20-15)18-7-9-19-10-8-18/h5-6,11H,4,7-10H2,1-3H3. The molecule has 1 saturated heterocycles. The number of anilines is 1. The van der Waals surface area contributed by atoms with E-state index in [-0.39, 0.29) is 5.41 Å². The average molecular weight is 290 g/mol. The van der Waals surface area contributed by atoms with Crippen molar-refractivity contribution in [3.8, 4) is 0 Å². The largest absolute Gasteiger partial charge is 0.378 e. The Morgan fingerprint density at radius 2 is 2.05 bits per heavy atom. The molecule has 0 radical (unpaired) electrons. The molecule has 1 fully saturated rings. The minimum atomic E-state index is 0.169. The monoisotopic (exact) mass is 290 g/mol. The lowest BCUT2D eigenvalue weighted by molar-refractivity contribution is 0.122. The normalized spacial score (nSPS) is 16.9. The van der Waals surface area contributed by atoms with Gasteiger partial charge >= 0.3 is 0 Å². The summed E-state index contributed by atoms with van der Waals surface area (Å²) in [4.78, 5) is 7.21. The Labute approximate surface area is 124 Å².